The van der Waals surface area contributed by atoms with E-state index >= 15 is 0 Å². The summed E-state index contributed by atoms with van der Waals surface area (Å²) >= 11 is 4.79. The van der Waals surface area contributed by atoms with Gasteiger partial charge in [0, 0.05) is 148 Å². The van der Waals surface area contributed by atoms with Gasteiger partial charge in [0.15, 0.2) is 20.5 Å². The lowest BCUT2D eigenvalue weighted by Gasteiger charge is -2.07. The van der Waals surface area contributed by atoms with E-state index < -0.39 is 0 Å². The predicted molar refractivity (Wildman–Crippen MR) is 417 cm³/mol. The number of rotatable bonds is 8. The number of hydrogen-bond donors (Lipinski definition) is 3. The van der Waals surface area contributed by atoms with Gasteiger partial charge in [0.25, 0.3) is 0 Å². The van der Waals surface area contributed by atoms with Gasteiger partial charge in [0.2, 0.25) is 0 Å². The zero-order valence-corrected chi connectivity index (χ0v) is 58.3. The minimum Gasteiger partial charge on any atom is -0.368 e. The smallest absolute Gasteiger partial charge is 0.190 e. The van der Waals surface area contributed by atoms with Crippen molar-refractivity contribution in [2.45, 2.75) is 47.3 Å². The SMILES string of the molecule is CC(=O)Sc1ccc(C#Cc2ccc(-c3c4nc(c(-c5ccc(C#Cc6ccc(SC(C)=O)cc6)cc5)c5ccc([nH]5)c(-c5ccc(C#Cc6ccc(SC(C)=O)cc6)cc5)c5nc(c(-c6ccc(C#Cc7ccc(SC(C)=O)cc7)cc6)c6ccc3[nH]6)C=C5)C=C4)cc2)cc1.c1cc[nH]c1. The Bertz CT molecular complexity index is 4980. The maximum absolute atomic E-state index is 11.7. The molecule has 13 heteroatoms. The van der Waals surface area contributed by atoms with Crippen molar-refractivity contribution in [2.24, 2.45) is 0 Å². The number of benzene rings is 8. The van der Waals surface area contributed by atoms with E-state index in [1.807, 2.05) is 170 Å². The summed E-state index contributed by atoms with van der Waals surface area (Å²) in [5, 5.41) is 0.124. The number of carbonyl (C=O) groups excluding carboxylic acids is 4. The van der Waals surface area contributed by atoms with Crippen molar-refractivity contribution in [2.75, 3.05) is 0 Å². The fraction of sp³-hybridized carbons (Fsp3) is 0.0455. The van der Waals surface area contributed by atoms with Crippen LogP contribution in [-0.2, 0) is 19.2 Å². The lowest BCUT2D eigenvalue weighted by atomic mass is 10.0. The Morgan fingerprint density at radius 3 is 0.624 bits per heavy atom. The fourth-order valence-corrected chi connectivity index (χ4v) is 13.7. The van der Waals surface area contributed by atoms with Gasteiger partial charge in [0.05, 0.1) is 22.8 Å². The number of aromatic nitrogens is 5. The van der Waals surface area contributed by atoms with Crippen molar-refractivity contribution in [1.82, 2.24) is 24.9 Å². The molecule has 8 aromatic carbocycles. The number of fused-ring (bicyclic) bond motifs is 8. The third-order valence-electron chi connectivity index (χ3n) is 15.8. The predicted octanol–water partition coefficient (Wildman–Crippen LogP) is 20.5. The van der Waals surface area contributed by atoms with Crippen molar-refractivity contribution in [3.8, 4) is 91.9 Å². The van der Waals surface area contributed by atoms with E-state index in [2.05, 4.69) is 159 Å². The second-order valence-electron chi connectivity index (χ2n) is 23.2. The third kappa shape index (κ3) is 17.5. The van der Waals surface area contributed by atoms with Crippen LogP contribution in [-0.4, -0.2) is 45.4 Å². The molecule has 4 aromatic heterocycles. The molecule has 0 fully saturated rings. The number of thioether (sulfide) groups is 4. The summed E-state index contributed by atoms with van der Waals surface area (Å²) in [5.74, 6) is 26.6. The fourth-order valence-electron chi connectivity index (χ4n) is 11.2. The summed E-state index contributed by atoms with van der Waals surface area (Å²) in [6, 6.07) is 76.0. The Morgan fingerprint density at radius 1 is 0.267 bits per heavy atom. The molecule has 0 amide bonds. The molecule has 0 radical (unpaired) electrons. The zero-order valence-electron chi connectivity index (χ0n) is 55.1. The largest absolute Gasteiger partial charge is 0.368 e. The van der Waals surface area contributed by atoms with E-state index in [1.165, 1.54) is 47.0 Å². The molecule has 0 saturated carbocycles. The van der Waals surface area contributed by atoms with E-state index in [-0.39, 0.29) is 20.5 Å². The summed E-state index contributed by atoms with van der Waals surface area (Å²) in [7, 11) is 0. The standard InChI is InChI=1S/C84H54N4O4S4.C4H5N/c1-53(89)93-69-37-21-61(22-38-69)9-5-57-13-29-65(30-14-57)81-73-45-47-75(85-73)82(66-31-15-58(16-32-66)6-10-62-23-39-70(40-24-62)94-54(2)90)77-49-51-79(87-77)84(68-35-19-60(20-36-68)8-12-64-27-43-72(44-28-64)96-56(4)92)80-52-50-78(88-80)83(76-48-46-74(81)86-76)67-33-17-59(18-34-67)7-11-63-25-41-71(42-26-63)95-55(3)91;1-2-4-5-3-1/h13-52,85,88H,1-4H3;1-5H. The first kappa shape index (κ1) is 67.5. The summed E-state index contributed by atoms with van der Waals surface area (Å²) < 4.78 is 0. The van der Waals surface area contributed by atoms with Crippen molar-refractivity contribution in [1.29, 1.82) is 0 Å². The van der Waals surface area contributed by atoms with Crippen molar-refractivity contribution in [3.63, 3.8) is 0 Å². The van der Waals surface area contributed by atoms with E-state index in [0.29, 0.717) is 0 Å². The highest BCUT2D eigenvalue weighted by Gasteiger charge is 2.20. The zero-order chi connectivity index (χ0) is 69.6. The van der Waals surface area contributed by atoms with E-state index in [0.717, 1.165) is 153 Å². The van der Waals surface area contributed by atoms with Crippen LogP contribution in [0.25, 0.3) is 90.9 Å². The van der Waals surface area contributed by atoms with Crippen molar-refractivity contribution in [3.05, 3.63) is 310 Å². The Balaban J connectivity index is 0.00000175. The third-order valence-corrected chi connectivity index (χ3v) is 19.0. The molecule has 0 aliphatic carbocycles. The van der Waals surface area contributed by atoms with Crippen molar-refractivity contribution >= 4 is 114 Å². The quantitative estimate of drug-likeness (QED) is 0.0994. The number of nitrogens with zero attached hydrogens (tertiary/aromatic N) is 2. The maximum atomic E-state index is 11.7. The first-order chi connectivity index (χ1) is 49.2. The molecular weight excluding hydrogens is 1320 g/mol. The lowest BCUT2D eigenvalue weighted by molar-refractivity contribution is -0.109. The van der Waals surface area contributed by atoms with Crippen LogP contribution in [0.1, 0.15) is 95.0 Å². The van der Waals surface area contributed by atoms with E-state index in [9.17, 15) is 19.2 Å². The number of H-pyrrole nitrogens is 3. The van der Waals surface area contributed by atoms with Crippen LogP contribution in [0.2, 0.25) is 0 Å². The van der Waals surface area contributed by atoms with Crippen LogP contribution < -0.4 is 0 Å². The molecule has 0 spiro atoms. The summed E-state index contributed by atoms with van der Waals surface area (Å²) in [6.07, 6.45) is 12.1. The average molecular weight is 1380 g/mol. The van der Waals surface area contributed by atoms with Gasteiger partial charge < -0.3 is 15.0 Å². The van der Waals surface area contributed by atoms with Gasteiger partial charge in [-0.05, 0) is 229 Å². The van der Waals surface area contributed by atoms with Crippen LogP contribution in [0.5, 0.6) is 0 Å². The highest BCUT2D eigenvalue weighted by molar-refractivity contribution is 8.14. The molecule has 12 aromatic rings. The van der Waals surface area contributed by atoms with Gasteiger partial charge in [0.1, 0.15) is 0 Å². The molecule has 6 heterocycles. The molecule has 8 bridgehead atoms. The van der Waals surface area contributed by atoms with Gasteiger partial charge in [-0.15, -0.1) is 0 Å². The first-order valence-corrected chi connectivity index (χ1v) is 35.4. The maximum Gasteiger partial charge on any atom is 0.190 e. The lowest BCUT2D eigenvalue weighted by Crippen LogP contribution is -1.90. The first-order valence-electron chi connectivity index (χ1n) is 32.1. The Kier molecular flexibility index (Phi) is 21.2. The normalized spacial score (nSPS) is 10.9. The second kappa shape index (κ2) is 31.7. The topological polar surface area (TPSA) is 141 Å². The number of aromatic amines is 3. The molecular formula is C88H59N5O4S4. The second-order valence-corrected chi connectivity index (χ2v) is 28.2. The van der Waals surface area contributed by atoms with Crippen molar-refractivity contribution < 1.29 is 19.2 Å². The molecule has 2 aliphatic rings. The van der Waals surface area contributed by atoms with Gasteiger partial charge in [-0.3, -0.25) is 19.2 Å². The average Bonchev–Trinajstić information content (AvgIpc) is 1.63. The van der Waals surface area contributed by atoms with Gasteiger partial charge >= 0.3 is 0 Å². The highest BCUT2D eigenvalue weighted by Crippen LogP contribution is 2.39. The van der Waals surface area contributed by atoms with Gasteiger partial charge in [-0.2, -0.15) is 0 Å². The van der Waals surface area contributed by atoms with Gasteiger partial charge in [-0.25, -0.2) is 9.97 Å². The molecule has 3 N–H and O–H groups in total. The number of hydrogen-bond acceptors (Lipinski definition) is 10. The molecule has 101 heavy (non-hydrogen) atoms. The molecule has 0 saturated heterocycles. The monoisotopic (exact) mass is 1380 g/mol. The summed E-state index contributed by atoms with van der Waals surface area (Å²) in [5.41, 5.74) is 20.2. The molecule has 14 rings (SSSR count). The summed E-state index contributed by atoms with van der Waals surface area (Å²) in [6.45, 7) is 6.23. The van der Waals surface area contributed by atoms with E-state index in [1.54, 1.807) is 27.7 Å². The molecule has 2 aliphatic heterocycles. The molecule has 0 unspecified atom stereocenters. The van der Waals surface area contributed by atoms with Crippen LogP contribution in [0.4, 0.5) is 0 Å². The highest BCUT2D eigenvalue weighted by atomic mass is 32.2. The molecule has 484 valence electrons. The Hall–Kier alpha value is -12.0. The number of carbonyl (C=O) groups is 4. The summed E-state index contributed by atoms with van der Waals surface area (Å²) in [4.78, 5) is 72.2. The minimum atomic E-state index is 0.0309. The molecule has 9 nitrogen and oxygen atoms in total. The van der Waals surface area contributed by atoms with Crippen LogP contribution in [0, 0.1) is 47.4 Å². The number of nitrogens with one attached hydrogen (secondary N) is 3. The Labute approximate surface area is 603 Å². The minimum absolute atomic E-state index is 0.0309. The van der Waals surface area contributed by atoms with Gasteiger partial charge in [-0.1, -0.05) is 143 Å². The van der Waals surface area contributed by atoms with E-state index in [4.69, 9.17) is 9.97 Å². The van der Waals surface area contributed by atoms with Crippen LogP contribution in [0.15, 0.2) is 262 Å². The molecule has 0 atom stereocenters. The van der Waals surface area contributed by atoms with Crippen LogP contribution >= 0.6 is 47.0 Å². The Morgan fingerprint density at radius 2 is 0.455 bits per heavy atom. The van der Waals surface area contributed by atoms with Crippen LogP contribution in [0.3, 0.4) is 0 Å².